The Bertz CT molecular complexity index is 766. The molecule has 0 aromatic heterocycles. The number of thioether (sulfide) groups is 1. The molecule has 0 heterocycles. The number of hydrogen-bond acceptors (Lipinski definition) is 4. The second-order valence-corrected chi connectivity index (χ2v) is 5.17. The Labute approximate surface area is 128 Å². The summed E-state index contributed by atoms with van der Waals surface area (Å²) in [7, 11) is 0. The van der Waals surface area contributed by atoms with Crippen LogP contribution >= 0.6 is 11.8 Å². The van der Waals surface area contributed by atoms with Gasteiger partial charge in [-0.3, -0.25) is 4.79 Å². The van der Waals surface area contributed by atoms with Crippen molar-refractivity contribution in [1.82, 2.24) is 0 Å². The van der Waals surface area contributed by atoms with Gasteiger partial charge in [-0.1, -0.05) is 18.2 Å². The van der Waals surface area contributed by atoms with Crippen molar-refractivity contribution in [3.8, 4) is 5.40 Å². The first-order chi connectivity index (χ1) is 10.3. The average Bonchev–Trinajstić information content (AvgIpc) is 2.48. The molecule has 0 aliphatic rings. The van der Waals surface area contributed by atoms with E-state index in [4.69, 9.17) is 11.0 Å². The highest BCUT2D eigenvalue weighted by molar-refractivity contribution is 8.03. The molecule has 0 saturated carbocycles. The van der Waals surface area contributed by atoms with Crippen molar-refractivity contribution in [2.75, 3.05) is 5.73 Å². The van der Waals surface area contributed by atoms with E-state index in [-0.39, 0.29) is 11.3 Å². The lowest BCUT2D eigenvalue weighted by Gasteiger charge is -2.13. The second kappa shape index (κ2) is 6.12. The minimum atomic E-state index is -4.64. The van der Waals surface area contributed by atoms with E-state index >= 15 is 0 Å². The molecule has 0 saturated heterocycles. The summed E-state index contributed by atoms with van der Waals surface area (Å²) >= 11 is 0.796. The van der Waals surface area contributed by atoms with E-state index in [0.717, 1.165) is 23.9 Å². The Kier molecular flexibility index (Phi) is 4.43. The Morgan fingerprint density at radius 3 is 2.45 bits per heavy atom. The summed E-state index contributed by atoms with van der Waals surface area (Å²) in [6.45, 7) is 0. The number of hydrogen-bond donors (Lipinski definition) is 1. The van der Waals surface area contributed by atoms with Gasteiger partial charge in [0.1, 0.15) is 5.40 Å². The molecule has 0 fully saturated rings. The molecule has 0 bridgehead atoms. The van der Waals surface area contributed by atoms with Crippen LogP contribution < -0.4 is 5.73 Å². The van der Waals surface area contributed by atoms with E-state index < -0.39 is 23.1 Å². The van der Waals surface area contributed by atoms with E-state index in [2.05, 4.69) is 0 Å². The second-order valence-electron chi connectivity index (χ2n) is 4.31. The summed E-state index contributed by atoms with van der Waals surface area (Å²) in [6.07, 6.45) is -4.64. The van der Waals surface area contributed by atoms with Gasteiger partial charge in [0.05, 0.1) is 5.56 Å². The Hall–Kier alpha value is -2.46. The van der Waals surface area contributed by atoms with E-state index in [9.17, 15) is 18.0 Å². The number of thiocyanates is 1. The number of benzene rings is 2. The normalized spacial score (nSPS) is 11.0. The number of ketones is 1. The molecule has 0 atom stereocenters. The molecule has 2 rings (SSSR count). The molecule has 22 heavy (non-hydrogen) atoms. The van der Waals surface area contributed by atoms with Crippen molar-refractivity contribution in [3.63, 3.8) is 0 Å². The van der Waals surface area contributed by atoms with Crippen molar-refractivity contribution < 1.29 is 18.0 Å². The highest BCUT2D eigenvalue weighted by Crippen LogP contribution is 2.34. The Balaban J connectivity index is 2.54. The summed E-state index contributed by atoms with van der Waals surface area (Å²) in [5, 5.41) is 10.5. The largest absolute Gasteiger partial charge is 0.417 e. The zero-order valence-corrected chi connectivity index (χ0v) is 11.8. The molecule has 0 unspecified atom stereocenters. The maximum atomic E-state index is 13.0. The minimum Gasteiger partial charge on any atom is -0.398 e. The summed E-state index contributed by atoms with van der Waals surface area (Å²) in [6, 6.07) is 8.75. The molecule has 0 radical (unpaired) electrons. The minimum absolute atomic E-state index is 0.0584. The standard InChI is InChI=1S/C15H9F3N2OS/c16-15(17,18)12-4-2-1-3-10(12)14(21)11-7-9(22-8-19)5-6-13(11)20/h1-7H,20H2. The fourth-order valence-electron chi connectivity index (χ4n) is 1.92. The average molecular weight is 322 g/mol. The van der Waals surface area contributed by atoms with Crippen molar-refractivity contribution in [2.24, 2.45) is 0 Å². The van der Waals surface area contributed by atoms with Crippen LogP contribution in [0.15, 0.2) is 47.4 Å². The van der Waals surface area contributed by atoms with Gasteiger partial charge in [0, 0.05) is 21.7 Å². The van der Waals surface area contributed by atoms with Crippen molar-refractivity contribution in [3.05, 3.63) is 59.2 Å². The predicted molar refractivity (Wildman–Crippen MR) is 77.2 cm³/mol. The van der Waals surface area contributed by atoms with Crippen LogP contribution in [0.2, 0.25) is 0 Å². The molecule has 112 valence electrons. The SMILES string of the molecule is N#CSc1ccc(N)c(C(=O)c2ccccc2C(F)(F)F)c1. The maximum Gasteiger partial charge on any atom is 0.417 e. The van der Waals surface area contributed by atoms with Crippen LogP contribution in [-0.4, -0.2) is 5.78 Å². The van der Waals surface area contributed by atoms with Gasteiger partial charge in [-0.05, 0) is 36.0 Å². The lowest BCUT2D eigenvalue weighted by Crippen LogP contribution is -2.14. The van der Waals surface area contributed by atoms with Gasteiger partial charge < -0.3 is 5.73 Å². The van der Waals surface area contributed by atoms with Gasteiger partial charge in [-0.2, -0.15) is 18.4 Å². The fourth-order valence-corrected chi connectivity index (χ4v) is 2.34. The van der Waals surface area contributed by atoms with Gasteiger partial charge in [0.15, 0.2) is 5.78 Å². The molecule has 7 heteroatoms. The van der Waals surface area contributed by atoms with Gasteiger partial charge in [-0.25, -0.2) is 0 Å². The number of rotatable bonds is 3. The summed E-state index contributed by atoms with van der Waals surface area (Å²) in [5.74, 6) is -0.828. The smallest absolute Gasteiger partial charge is 0.398 e. The first kappa shape index (κ1) is 15.9. The van der Waals surface area contributed by atoms with E-state index in [0.29, 0.717) is 4.90 Å². The van der Waals surface area contributed by atoms with Gasteiger partial charge >= 0.3 is 6.18 Å². The van der Waals surface area contributed by atoms with Crippen LogP contribution in [0.5, 0.6) is 0 Å². The molecule has 0 aliphatic heterocycles. The highest BCUT2D eigenvalue weighted by Gasteiger charge is 2.35. The zero-order valence-electron chi connectivity index (χ0n) is 11.0. The van der Waals surface area contributed by atoms with Crippen LogP contribution in [0.3, 0.4) is 0 Å². The Morgan fingerprint density at radius 2 is 1.82 bits per heavy atom. The third-order valence-electron chi connectivity index (χ3n) is 2.91. The molecule has 0 spiro atoms. The Morgan fingerprint density at radius 1 is 1.14 bits per heavy atom. The molecule has 3 nitrogen and oxygen atoms in total. The molecule has 2 N–H and O–H groups in total. The number of nitrogens with two attached hydrogens (primary N) is 1. The van der Waals surface area contributed by atoms with Gasteiger partial charge in [0.2, 0.25) is 0 Å². The predicted octanol–water partition coefficient (Wildman–Crippen LogP) is 4.09. The number of nitrogen functional groups attached to an aromatic ring is 1. The van der Waals surface area contributed by atoms with Crippen LogP contribution in [0.25, 0.3) is 0 Å². The van der Waals surface area contributed by atoms with E-state index in [1.165, 1.54) is 30.3 Å². The summed E-state index contributed by atoms with van der Waals surface area (Å²) in [5.41, 5.74) is 4.20. The number of anilines is 1. The number of nitrogens with zero attached hydrogens (tertiary/aromatic N) is 1. The summed E-state index contributed by atoms with van der Waals surface area (Å²) in [4.78, 5) is 12.9. The van der Waals surface area contributed by atoms with Crippen LogP contribution in [0, 0.1) is 10.7 Å². The first-order valence-electron chi connectivity index (χ1n) is 6.01. The first-order valence-corrected chi connectivity index (χ1v) is 6.82. The molecule has 2 aromatic rings. The number of alkyl halides is 3. The van der Waals surface area contributed by atoms with Crippen LogP contribution in [0.4, 0.5) is 18.9 Å². The van der Waals surface area contributed by atoms with Crippen LogP contribution in [-0.2, 0) is 6.18 Å². The van der Waals surface area contributed by atoms with Gasteiger partial charge in [0.25, 0.3) is 0 Å². The summed E-state index contributed by atoms with van der Waals surface area (Å²) < 4.78 is 39.0. The van der Waals surface area contributed by atoms with Crippen molar-refractivity contribution in [1.29, 1.82) is 5.26 Å². The number of carbonyl (C=O) groups excluding carboxylic acids is 1. The third kappa shape index (κ3) is 3.23. The number of halogens is 3. The lowest BCUT2D eigenvalue weighted by molar-refractivity contribution is -0.137. The van der Waals surface area contributed by atoms with E-state index in [1.54, 1.807) is 0 Å². The van der Waals surface area contributed by atoms with E-state index in [1.807, 2.05) is 5.40 Å². The van der Waals surface area contributed by atoms with Gasteiger partial charge in [-0.15, -0.1) is 0 Å². The lowest BCUT2D eigenvalue weighted by atomic mass is 9.97. The van der Waals surface area contributed by atoms with Crippen molar-refractivity contribution in [2.45, 2.75) is 11.1 Å². The molecular weight excluding hydrogens is 313 g/mol. The van der Waals surface area contributed by atoms with Crippen LogP contribution in [0.1, 0.15) is 21.5 Å². The zero-order chi connectivity index (χ0) is 16.3. The molecular formula is C15H9F3N2OS. The molecule has 2 aromatic carbocycles. The number of carbonyl (C=O) groups is 1. The fraction of sp³-hybridized carbons (Fsp3) is 0.0667. The number of nitriles is 1. The topological polar surface area (TPSA) is 66.9 Å². The quantitative estimate of drug-likeness (QED) is 0.400. The van der Waals surface area contributed by atoms with Crippen molar-refractivity contribution >= 4 is 23.2 Å². The monoisotopic (exact) mass is 322 g/mol. The highest BCUT2D eigenvalue weighted by atomic mass is 32.2. The maximum absolute atomic E-state index is 13.0. The molecule has 0 aliphatic carbocycles. The molecule has 0 amide bonds. The third-order valence-corrected chi connectivity index (χ3v) is 3.49.